The van der Waals surface area contributed by atoms with Gasteiger partial charge >= 0.3 is 0 Å². The van der Waals surface area contributed by atoms with Gasteiger partial charge in [-0.3, -0.25) is 0 Å². The first-order valence-corrected chi connectivity index (χ1v) is 9.02. The van der Waals surface area contributed by atoms with Gasteiger partial charge in [0.2, 0.25) is 0 Å². The number of fused-ring (bicyclic) bond motifs is 1. The van der Waals surface area contributed by atoms with Gasteiger partial charge in [-0.2, -0.15) is 0 Å². The summed E-state index contributed by atoms with van der Waals surface area (Å²) in [5, 5.41) is 2.04. The molecular formula is C14H17NO2S2. The van der Waals surface area contributed by atoms with Gasteiger partial charge in [0.05, 0.1) is 16.3 Å². The number of rotatable bonds is 5. The second-order valence-corrected chi connectivity index (χ2v) is 7.97. The number of pyridine rings is 1. The third kappa shape index (κ3) is 3.70. The van der Waals surface area contributed by atoms with E-state index in [-0.39, 0.29) is 11.5 Å². The topological polar surface area (TPSA) is 47.0 Å². The summed E-state index contributed by atoms with van der Waals surface area (Å²) < 4.78 is 22.9. The van der Waals surface area contributed by atoms with Gasteiger partial charge in [0.1, 0.15) is 0 Å². The first kappa shape index (κ1) is 14.3. The van der Waals surface area contributed by atoms with Crippen molar-refractivity contribution in [3.05, 3.63) is 35.9 Å². The molecule has 2 rings (SSSR count). The lowest BCUT2D eigenvalue weighted by Gasteiger charge is -2.06. The first-order valence-electron chi connectivity index (χ1n) is 6.21. The maximum Gasteiger partial charge on any atom is 0.150 e. The fourth-order valence-corrected chi connectivity index (χ4v) is 4.08. The monoisotopic (exact) mass is 295 g/mol. The molecule has 0 unspecified atom stereocenters. The summed E-state index contributed by atoms with van der Waals surface area (Å²) in [5.41, 5.74) is 2.13. The number of aromatic nitrogens is 1. The molecule has 0 saturated heterocycles. The predicted octanol–water partition coefficient (Wildman–Crippen LogP) is 3.07. The van der Waals surface area contributed by atoms with E-state index in [0.717, 1.165) is 15.9 Å². The molecule has 0 N–H and O–H groups in total. The molecule has 0 spiro atoms. The molecule has 0 aliphatic carbocycles. The van der Waals surface area contributed by atoms with Crippen LogP contribution in [-0.2, 0) is 9.84 Å². The average Bonchev–Trinajstić information content (AvgIpc) is 2.39. The maximum absolute atomic E-state index is 11.4. The number of hydrogen-bond acceptors (Lipinski definition) is 4. The minimum Gasteiger partial charge on any atom is -0.241 e. The molecule has 0 aliphatic heterocycles. The maximum atomic E-state index is 11.4. The highest BCUT2D eigenvalue weighted by Gasteiger charge is 2.08. The third-order valence-corrected chi connectivity index (χ3v) is 5.86. The van der Waals surface area contributed by atoms with Crippen molar-refractivity contribution < 1.29 is 8.42 Å². The molecule has 0 radical (unpaired) electrons. The molecule has 0 atom stereocenters. The van der Waals surface area contributed by atoms with E-state index >= 15 is 0 Å². The Balaban J connectivity index is 2.14. The van der Waals surface area contributed by atoms with Gasteiger partial charge in [-0.15, -0.1) is 11.8 Å². The van der Waals surface area contributed by atoms with Crippen LogP contribution in [0.4, 0.5) is 0 Å². The fraction of sp³-hybridized carbons (Fsp3) is 0.357. The Morgan fingerprint density at radius 2 is 2.00 bits per heavy atom. The third-order valence-electron chi connectivity index (χ3n) is 2.98. The number of thioether (sulfide) groups is 1. The molecule has 0 amide bonds. The molecule has 1 aromatic heterocycles. The van der Waals surface area contributed by atoms with Crippen LogP contribution in [0.2, 0.25) is 0 Å². The molecule has 19 heavy (non-hydrogen) atoms. The summed E-state index contributed by atoms with van der Waals surface area (Å²) in [6.07, 6.45) is 0. The standard InChI is InChI=1S/C14H17NO2S2/c1-3-19(16,17)9-8-18-14-10-11(2)12-6-4-5-7-13(12)15-14/h4-7,10H,3,8-9H2,1-2H3. The Morgan fingerprint density at radius 1 is 1.26 bits per heavy atom. The Labute approximate surface area is 118 Å². The van der Waals surface area contributed by atoms with Gasteiger partial charge < -0.3 is 0 Å². The van der Waals surface area contributed by atoms with Crippen LogP contribution < -0.4 is 0 Å². The lowest BCUT2D eigenvalue weighted by Crippen LogP contribution is -2.10. The second-order valence-electron chi connectivity index (χ2n) is 4.38. The van der Waals surface area contributed by atoms with Gasteiger partial charge in [-0.1, -0.05) is 25.1 Å². The smallest absolute Gasteiger partial charge is 0.150 e. The second kappa shape index (κ2) is 5.92. The summed E-state index contributed by atoms with van der Waals surface area (Å²) in [6, 6.07) is 10.0. The predicted molar refractivity (Wildman–Crippen MR) is 81.5 cm³/mol. The molecule has 1 heterocycles. The quantitative estimate of drug-likeness (QED) is 0.795. The number of para-hydroxylation sites is 1. The molecule has 0 saturated carbocycles. The van der Waals surface area contributed by atoms with Crippen LogP contribution in [0.15, 0.2) is 35.4 Å². The molecule has 5 heteroatoms. The van der Waals surface area contributed by atoms with E-state index in [4.69, 9.17) is 0 Å². The normalized spacial score (nSPS) is 11.9. The van der Waals surface area contributed by atoms with Crippen molar-refractivity contribution in [1.29, 1.82) is 0 Å². The Bertz CT molecular complexity index is 681. The zero-order valence-electron chi connectivity index (χ0n) is 11.1. The molecule has 0 fully saturated rings. The number of nitrogens with zero attached hydrogens (tertiary/aromatic N) is 1. The lowest BCUT2D eigenvalue weighted by molar-refractivity contribution is 0.599. The van der Waals surface area contributed by atoms with Crippen molar-refractivity contribution in [2.45, 2.75) is 18.9 Å². The van der Waals surface area contributed by atoms with E-state index in [1.54, 1.807) is 6.92 Å². The summed E-state index contributed by atoms with van der Waals surface area (Å²) in [7, 11) is -2.89. The van der Waals surface area contributed by atoms with Gasteiger partial charge in [-0.05, 0) is 24.6 Å². The Morgan fingerprint density at radius 3 is 2.74 bits per heavy atom. The summed E-state index contributed by atoms with van der Waals surface area (Å²) >= 11 is 1.50. The lowest BCUT2D eigenvalue weighted by atomic mass is 10.1. The Kier molecular flexibility index (Phi) is 4.47. The highest BCUT2D eigenvalue weighted by atomic mass is 32.2. The van der Waals surface area contributed by atoms with Crippen LogP contribution in [0.5, 0.6) is 0 Å². The van der Waals surface area contributed by atoms with E-state index < -0.39 is 9.84 Å². The first-order chi connectivity index (χ1) is 9.02. The van der Waals surface area contributed by atoms with Crippen molar-refractivity contribution in [3.63, 3.8) is 0 Å². The van der Waals surface area contributed by atoms with Crippen LogP contribution in [0, 0.1) is 6.92 Å². The van der Waals surface area contributed by atoms with Gasteiger partial charge in [-0.25, -0.2) is 13.4 Å². The summed E-state index contributed by atoms with van der Waals surface area (Å²) in [6.45, 7) is 3.73. The molecule has 2 aromatic rings. The minimum absolute atomic E-state index is 0.206. The van der Waals surface area contributed by atoms with Crippen molar-refractivity contribution in [1.82, 2.24) is 4.98 Å². The Hall–Kier alpha value is -1.07. The van der Waals surface area contributed by atoms with Gasteiger partial charge in [0, 0.05) is 16.9 Å². The van der Waals surface area contributed by atoms with Gasteiger partial charge in [0.15, 0.2) is 9.84 Å². The molecule has 0 aliphatic rings. The van der Waals surface area contributed by atoms with Crippen molar-refractivity contribution in [2.75, 3.05) is 17.3 Å². The number of benzene rings is 1. The minimum atomic E-state index is -2.89. The number of aryl methyl sites for hydroxylation is 1. The number of sulfone groups is 1. The molecular weight excluding hydrogens is 278 g/mol. The van der Waals surface area contributed by atoms with Crippen LogP contribution in [0.1, 0.15) is 12.5 Å². The van der Waals surface area contributed by atoms with Gasteiger partial charge in [0.25, 0.3) is 0 Å². The van der Waals surface area contributed by atoms with Crippen LogP contribution >= 0.6 is 11.8 Å². The zero-order valence-corrected chi connectivity index (χ0v) is 12.7. The summed E-state index contributed by atoms with van der Waals surface area (Å²) in [5.74, 6) is 0.973. The van der Waals surface area contributed by atoms with E-state index in [0.29, 0.717) is 5.75 Å². The van der Waals surface area contributed by atoms with Crippen molar-refractivity contribution >= 4 is 32.5 Å². The molecule has 102 valence electrons. The zero-order chi connectivity index (χ0) is 13.9. The molecule has 1 aromatic carbocycles. The highest BCUT2D eigenvalue weighted by molar-refractivity contribution is 8.00. The van der Waals surface area contributed by atoms with E-state index in [1.165, 1.54) is 17.3 Å². The highest BCUT2D eigenvalue weighted by Crippen LogP contribution is 2.23. The molecule has 3 nitrogen and oxygen atoms in total. The summed E-state index contributed by atoms with van der Waals surface area (Å²) in [4.78, 5) is 4.55. The molecule has 0 bridgehead atoms. The van der Waals surface area contributed by atoms with Crippen molar-refractivity contribution in [3.8, 4) is 0 Å². The van der Waals surface area contributed by atoms with Crippen LogP contribution in [-0.4, -0.2) is 30.7 Å². The fourth-order valence-electron chi connectivity index (χ4n) is 1.81. The van der Waals surface area contributed by atoms with E-state index in [2.05, 4.69) is 11.9 Å². The van der Waals surface area contributed by atoms with E-state index in [1.807, 2.05) is 30.3 Å². The number of hydrogen-bond donors (Lipinski definition) is 0. The van der Waals surface area contributed by atoms with E-state index in [9.17, 15) is 8.42 Å². The average molecular weight is 295 g/mol. The SMILES string of the molecule is CCS(=O)(=O)CCSc1cc(C)c2ccccc2n1. The van der Waals surface area contributed by atoms with Crippen LogP contribution in [0.3, 0.4) is 0 Å². The van der Waals surface area contributed by atoms with Crippen molar-refractivity contribution in [2.24, 2.45) is 0 Å². The van der Waals surface area contributed by atoms with Crippen LogP contribution in [0.25, 0.3) is 10.9 Å². The largest absolute Gasteiger partial charge is 0.241 e.